The first-order valence-corrected chi connectivity index (χ1v) is 12.8. The van der Waals surface area contributed by atoms with Gasteiger partial charge in [0.25, 0.3) is 11.6 Å². The first-order valence-electron chi connectivity index (χ1n) is 10.2. The molecule has 0 unspecified atom stereocenters. The highest BCUT2D eigenvalue weighted by molar-refractivity contribution is 7.92. The van der Waals surface area contributed by atoms with E-state index in [2.05, 4.69) is 4.99 Å². The Hall–Kier alpha value is -3.17. The van der Waals surface area contributed by atoms with Crippen LogP contribution in [0.2, 0.25) is 0 Å². The second-order valence-corrected chi connectivity index (χ2v) is 10.3. The summed E-state index contributed by atoms with van der Waals surface area (Å²) in [7, 11) is -4.10. The average molecular weight is 515 g/mol. The lowest BCUT2D eigenvalue weighted by atomic mass is 10.3. The third-order valence-corrected chi connectivity index (χ3v) is 7.16. The predicted octanol–water partition coefficient (Wildman–Crippen LogP) is -0.125. The van der Waals surface area contributed by atoms with Crippen LogP contribution in [0.15, 0.2) is 23.2 Å². The van der Waals surface area contributed by atoms with E-state index in [1.807, 2.05) is 0 Å². The molecule has 0 spiro atoms. The third kappa shape index (κ3) is 6.45. The molecule has 0 N–H and O–H groups in total. The standard InChI is InChI=1S/C19H22N4O9S2/c1-2-32-18(26)10-22-14-4-3-13(23(27)28)9-15(14)33-19(22)20-16(24)11-34(29,30)12-17(25)21-5-7-31-8-6-21/h3-4,9H,2,5-8,10-12H2,1H3. The summed E-state index contributed by atoms with van der Waals surface area (Å²) >= 11 is 0.886. The number of non-ortho nitro benzene ring substituents is 1. The molecule has 1 saturated heterocycles. The molecule has 15 heteroatoms. The second kappa shape index (κ2) is 10.8. The van der Waals surface area contributed by atoms with Crippen LogP contribution in [0.1, 0.15) is 6.92 Å². The van der Waals surface area contributed by atoms with Crippen molar-refractivity contribution in [3.05, 3.63) is 33.1 Å². The molecular weight excluding hydrogens is 492 g/mol. The van der Waals surface area contributed by atoms with E-state index < -0.39 is 44.0 Å². The molecule has 3 rings (SSSR count). The van der Waals surface area contributed by atoms with Crippen molar-refractivity contribution in [1.29, 1.82) is 0 Å². The third-order valence-electron chi connectivity index (χ3n) is 4.74. The summed E-state index contributed by atoms with van der Waals surface area (Å²) < 4.78 is 36.6. The fourth-order valence-corrected chi connectivity index (χ4v) is 5.40. The topological polar surface area (TPSA) is 167 Å². The van der Waals surface area contributed by atoms with Crippen molar-refractivity contribution in [2.45, 2.75) is 13.5 Å². The molecule has 0 bridgehead atoms. The summed E-state index contributed by atoms with van der Waals surface area (Å²) in [4.78, 5) is 52.4. The predicted molar refractivity (Wildman–Crippen MR) is 120 cm³/mol. The van der Waals surface area contributed by atoms with Gasteiger partial charge in [-0.25, -0.2) is 8.42 Å². The largest absolute Gasteiger partial charge is 0.465 e. The Bertz CT molecular complexity index is 1290. The Morgan fingerprint density at radius 1 is 1.24 bits per heavy atom. The van der Waals surface area contributed by atoms with Crippen LogP contribution in [0.3, 0.4) is 0 Å². The Morgan fingerprint density at radius 3 is 2.59 bits per heavy atom. The molecule has 0 atom stereocenters. The highest BCUT2D eigenvalue weighted by atomic mass is 32.2. The first-order chi connectivity index (χ1) is 16.1. The number of rotatable bonds is 8. The molecule has 1 aromatic carbocycles. The molecule has 184 valence electrons. The van der Waals surface area contributed by atoms with E-state index >= 15 is 0 Å². The molecule has 2 aromatic rings. The van der Waals surface area contributed by atoms with Crippen LogP contribution < -0.4 is 4.80 Å². The van der Waals surface area contributed by atoms with Gasteiger partial charge < -0.3 is 18.9 Å². The molecule has 2 heterocycles. The number of carbonyl (C=O) groups excluding carboxylic acids is 3. The minimum absolute atomic E-state index is 0.0248. The number of amides is 2. The molecule has 13 nitrogen and oxygen atoms in total. The fourth-order valence-electron chi connectivity index (χ4n) is 3.22. The van der Waals surface area contributed by atoms with Crippen molar-refractivity contribution in [1.82, 2.24) is 9.47 Å². The highest BCUT2D eigenvalue weighted by Crippen LogP contribution is 2.23. The zero-order valence-corrected chi connectivity index (χ0v) is 19.8. The van der Waals surface area contributed by atoms with Crippen molar-refractivity contribution >= 4 is 54.9 Å². The molecule has 1 aromatic heterocycles. The van der Waals surface area contributed by atoms with Gasteiger partial charge in [0.1, 0.15) is 18.1 Å². The molecule has 2 amide bonds. The first kappa shape index (κ1) is 25.5. The molecule has 0 aliphatic carbocycles. The number of nitrogens with zero attached hydrogens (tertiary/aromatic N) is 4. The van der Waals surface area contributed by atoms with Gasteiger partial charge in [0.15, 0.2) is 14.6 Å². The quantitative estimate of drug-likeness (QED) is 0.265. The van der Waals surface area contributed by atoms with Crippen LogP contribution in [-0.2, 0) is 40.2 Å². The van der Waals surface area contributed by atoms with Gasteiger partial charge in [0, 0.05) is 25.2 Å². The SMILES string of the molecule is CCOC(=O)Cn1c(=NC(=O)CS(=O)(=O)CC(=O)N2CCOCC2)sc2cc([N+](=O)[O-])ccc21. The zero-order chi connectivity index (χ0) is 24.9. The number of hydrogen-bond donors (Lipinski definition) is 0. The zero-order valence-electron chi connectivity index (χ0n) is 18.2. The number of nitro benzene ring substituents is 1. The normalized spacial score (nSPS) is 14.9. The number of fused-ring (bicyclic) bond motifs is 1. The van der Waals surface area contributed by atoms with Crippen molar-refractivity contribution in [2.75, 3.05) is 44.4 Å². The van der Waals surface area contributed by atoms with Crippen LogP contribution in [0, 0.1) is 10.1 Å². The average Bonchev–Trinajstić information content (AvgIpc) is 3.09. The summed E-state index contributed by atoms with van der Waals surface area (Å²) in [5.74, 6) is -4.12. The van der Waals surface area contributed by atoms with Crippen LogP contribution in [0.4, 0.5) is 5.69 Å². The number of sulfone groups is 1. The summed E-state index contributed by atoms with van der Waals surface area (Å²) in [6.07, 6.45) is 0. The van der Waals surface area contributed by atoms with Gasteiger partial charge in [-0.05, 0) is 13.0 Å². The lowest BCUT2D eigenvalue weighted by Gasteiger charge is -2.26. The monoisotopic (exact) mass is 514 g/mol. The Balaban J connectivity index is 1.87. The number of hydrogen-bond acceptors (Lipinski definition) is 10. The lowest BCUT2D eigenvalue weighted by Crippen LogP contribution is -2.43. The molecule has 1 aliphatic rings. The van der Waals surface area contributed by atoms with E-state index in [0.717, 1.165) is 11.3 Å². The Morgan fingerprint density at radius 2 is 1.94 bits per heavy atom. The number of aromatic nitrogens is 1. The summed E-state index contributed by atoms with van der Waals surface area (Å²) in [5.41, 5.74) is 0.194. The van der Waals surface area contributed by atoms with Crippen LogP contribution in [0.5, 0.6) is 0 Å². The molecule has 1 fully saturated rings. The number of benzene rings is 1. The molecule has 1 aliphatic heterocycles. The van der Waals surface area contributed by atoms with Gasteiger partial charge in [0.05, 0.1) is 35.0 Å². The van der Waals surface area contributed by atoms with Crippen LogP contribution in [0.25, 0.3) is 10.2 Å². The van der Waals surface area contributed by atoms with E-state index in [1.54, 1.807) is 6.92 Å². The second-order valence-electron chi connectivity index (χ2n) is 7.22. The van der Waals surface area contributed by atoms with Crippen LogP contribution in [-0.4, -0.2) is 85.0 Å². The number of carbonyl (C=O) groups is 3. The van der Waals surface area contributed by atoms with Gasteiger partial charge in [-0.1, -0.05) is 11.3 Å². The van der Waals surface area contributed by atoms with Crippen molar-refractivity contribution < 1.29 is 37.2 Å². The van der Waals surface area contributed by atoms with E-state index in [-0.39, 0.29) is 36.7 Å². The van der Waals surface area contributed by atoms with Gasteiger partial charge in [-0.2, -0.15) is 4.99 Å². The lowest BCUT2D eigenvalue weighted by molar-refractivity contribution is -0.384. The summed E-state index contributed by atoms with van der Waals surface area (Å²) in [6.45, 7) is 2.57. The number of nitro groups is 1. The number of esters is 1. The van der Waals surface area contributed by atoms with Gasteiger partial charge in [0.2, 0.25) is 5.91 Å². The molecular formula is C19H22N4O9S2. The van der Waals surface area contributed by atoms with E-state index in [0.29, 0.717) is 23.4 Å². The smallest absolute Gasteiger partial charge is 0.326 e. The Kier molecular flexibility index (Phi) is 8.11. The number of thiazole rings is 1. The van der Waals surface area contributed by atoms with E-state index in [1.165, 1.54) is 27.7 Å². The van der Waals surface area contributed by atoms with Crippen LogP contribution >= 0.6 is 11.3 Å². The maximum absolute atomic E-state index is 12.5. The number of ether oxygens (including phenoxy) is 2. The fraction of sp³-hybridized carbons (Fsp3) is 0.474. The van der Waals surface area contributed by atoms with Gasteiger partial charge in [-0.3, -0.25) is 24.5 Å². The molecule has 34 heavy (non-hydrogen) atoms. The maximum Gasteiger partial charge on any atom is 0.326 e. The molecule has 0 saturated carbocycles. The van der Waals surface area contributed by atoms with Crippen molar-refractivity contribution in [2.24, 2.45) is 4.99 Å². The number of morpholine rings is 1. The van der Waals surface area contributed by atoms with Gasteiger partial charge in [-0.15, -0.1) is 0 Å². The van der Waals surface area contributed by atoms with Crippen molar-refractivity contribution in [3.8, 4) is 0 Å². The summed E-state index contributed by atoms with van der Waals surface area (Å²) in [6, 6.07) is 3.91. The minimum Gasteiger partial charge on any atom is -0.465 e. The van der Waals surface area contributed by atoms with Gasteiger partial charge >= 0.3 is 5.97 Å². The molecule has 0 radical (unpaired) electrons. The highest BCUT2D eigenvalue weighted by Gasteiger charge is 2.26. The summed E-state index contributed by atoms with van der Waals surface area (Å²) in [5, 5.41) is 11.1. The Labute approximate surface area is 197 Å². The minimum atomic E-state index is -4.10. The maximum atomic E-state index is 12.5. The van der Waals surface area contributed by atoms with E-state index in [4.69, 9.17) is 9.47 Å². The van der Waals surface area contributed by atoms with E-state index in [9.17, 15) is 32.9 Å². The van der Waals surface area contributed by atoms with Crippen molar-refractivity contribution in [3.63, 3.8) is 0 Å².